The van der Waals surface area contributed by atoms with E-state index in [0.29, 0.717) is 5.95 Å². The molecule has 0 aliphatic carbocycles. The van der Waals surface area contributed by atoms with Crippen LogP contribution >= 0.6 is 11.8 Å². The average molecular weight is 288 g/mol. The predicted molar refractivity (Wildman–Crippen MR) is 76.8 cm³/mol. The number of rotatable bonds is 3. The molecule has 7 heteroatoms. The lowest BCUT2D eigenvalue weighted by Gasteiger charge is -2.25. The third kappa shape index (κ3) is 2.57. The highest BCUT2D eigenvalue weighted by Crippen LogP contribution is 2.37. The van der Waals surface area contributed by atoms with Crippen LogP contribution in [0.3, 0.4) is 0 Å². The van der Waals surface area contributed by atoms with Gasteiger partial charge in [-0.1, -0.05) is 18.2 Å². The van der Waals surface area contributed by atoms with Crippen LogP contribution in [0.1, 0.15) is 18.0 Å². The van der Waals surface area contributed by atoms with E-state index < -0.39 is 4.92 Å². The molecule has 0 bridgehead atoms. The third-order valence-corrected chi connectivity index (χ3v) is 4.23. The molecule has 0 saturated heterocycles. The maximum Gasteiger partial charge on any atom is 0.305 e. The van der Waals surface area contributed by atoms with Gasteiger partial charge in [0, 0.05) is 10.6 Å². The molecule has 3 rings (SSSR count). The van der Waals surface area contributed by atoms with E-state index >= 15 is 0 Å². The van der Waals surface area contributed by atoms with Gasteiger partial charge in [-0.3, -0.25) is 10.1 Å². The van der Waals surface area contributed by atoms with Crippen LogP contribution in [0, 0.1) is 10.1 Å². The Balaban J connectivity index is 1.80. The van der Waals surface area contributed by atoms with Crippen molar-refractivity contribution in [2.45, 2.75) is 17.4 Å². The Labute approximate surface area is 119 Å². The van der Waals surface area contributed by atoms with Crippen LogP contribution in [0.25, 0.3) is 0 Å². The maximum atomic E-state index is 10.6. The van der Waals surface area contributed by atoms with Gasteiger partial charge in [0.15, 0.2) is 0 Å². The zero-order valence-corrected chi connectivity index (χ0v) is 11.3. The number of nitro groups is 1. The number of fused-ring (bicyclic) bond motifs is 1. The van der Waals surface area contributed by atoms with E-state index in [9.17, 15) is 10.1 Å². The quantitative estimate of drug-likeness (QED) is 0.690. The van der Waals surface area contributed by atoms with Crippen molar-refractivity contribution in [3.8, 4) is 0 Å². The van der Waals surface area contributed by atoms with E-state index in [4.69, 9.17) is 0 Å². The predicted octanol–water partition coefficient (Wildman–Crippen LogP) is 3.03. The number of benzene rings is 1. The molecule has 2 aromatic rings. The summed E-state index contributed by atoms with van der Waals surface area (Å²) in [4.78, 5) is 19.3. The van der Waals surface area contributed by atoms with Crippen LogP contribution in [0.2, 0.25) is 0 Å². The molecule has 2 heterocycles. The standard InChI is InChI=1S/C13H12N4O2S/c18-17(19)9-7-14-13(15-8-9)16-11-5-6-20-12-4-2-1-3-10(11)12/h1-4,7-8,11H,5-6H2,(H,14,15,16). The summed E-state index contributed by atoms with van der Waals surface area (Å²) >= 11 is 1.84. The molecule has 20 heavy (non-hydrogen) atoms. The van der Waals surface area contributed by atoms with Gasteiger partial charge in [0.1, 0.15) is 12.4 Å². The molecular weight excluding hydrogens is 276 g/mol. The number of hydrogen-bond donors (Lipinski definition) is 1. The fourth-order valence-electron chi connectivity index (χ4n) is 2.14. The normalized spacial score (nSPS) is 17.3. The molecule has 1 N–H and O–H groups in total. The molecule has 0 spiro atoms. The number of thioether (sulfide) groups is 1. The van der Waals surface area contributed by atoms with Crippen molar-refractivity contribution in [2.75, 3.05) is 11.1 Å². The van der Waals surface area contributed by atoms with Gasteiger partial charge in [0.25, 0.3) is 0 Å². The Morgan fingerprint density at radius 3 is 2.80 bits per heavy atom. The zero-order valence-electron chi connectivity index (χ0n) is 10.5. The molecule has 102 valence electrons. The second-order valence-corrected chi connectivity index (χ2v) is 5.53. The first-order valence-corrected chi connectivity index (χ1v) is 7.17. The Kier molecular flexibility index (Phi) is 3.51. The summed E-state index contributed by atoms with van der Waals surface area (Å²) in [7, 11) is 0. The minimum Gasteiger partial charge on any atom is -0.347 e. The fourth-order valence-corrected chi connectivity index (χ4v) is 3.26. The topological polar surface area (TPSA) is 81.0 Å². The number of nitrogens with zero attached hydrogens (tertiary/aromatic N) is 3. The van der Waals surface area contributed by atoms with Gasteiger partial charge in [-0.25, -0.2) is 9.97 Å². The van der Waals surface area contributed by atoms with Crippen LogP contribution < -0.4 is 5.32 Å². The summed E-state index contributed by atoms with van der Waals surface area (Å²) in [6.45, 7) is 0. The van der Waals surface area contributed by atoms with E-state index in [0.717, 1.165) is 12.2 Å². The number of anilines is 1. The maximum absolute atomic E-state index is 10.6. The highest BCUT2D eigenvalue weighted by atomic mass is 32.2. The van der Waals surface area contributed by atoms with Gasteiger partial charge >= 0.3 is 5.69 Å². The van der Waals surface area contributed by atoms with E-state index in [-0.39, 0.29) is 11.7 Å². The molecule has 1 unspecified atom stereocenters. The summed E-state index contributed by atoms with van der Waals surface area (Å²) in [5, 5.41) is 13.8. The van der Waals surface area contributed by atoms with Gasteiger partial charge in [0.05, 0.1) is 11.0 Å². The van der Waals surface area contributed by atoms with Gasteiger partial charge in [0.2, 0.25) is 5.95 Å². The molecule has 1 aromatic carbocycles. The minimum absolute atomic E-state index is 0.102. The molecule has 1 atom stereocenters. The Bertz CT molecular complexity index is 633. The molecule has 0 amide bonds. The summed E-state index contributed by atoms with van der Waals surface area (Å²) in [6.07, 6.45) is 3.42. The highest BCUT2D eigenvalue weighted by Gasteiger charge is 2.21. The Morgan fingerprint density at radius 1 is 1.30 bits per heavy atom. The summed E-state index contributed by atoms with van der Waals surface area (Å²) in [5.41, 5.74) is 1.13. The molecule has 1 aliphatic rings. The number of aromatic nitrogens is 2. The molecule has 6 nitrogen and oxygen atoms in total. The largest absolute Gasteiger partial charge is 0.347 e. The molecule has 1 aliphatic heterocycles. The smallest absolute Gasteiger partial charge is 0.305 e. The van der Waals surface area contributed by atoms with E-state index in [1.165, 1.54) is 22.9 Å². The zero-order chi connectivity index (χ0) is 13.9. The molecule has 0 fully saturated rings. The van der Waals surface area contributed by atoms with Gasteiger partial charge in [-0.15, -0.1) is 11.8 Å². The van der Waals surface area contributed by atoms with Gasteiger partial charge in [-0.2, -0.15) is 0 Å². The van der Waals surface area contributed by atoms with Crippen molar-refractivity contribution < 1.29 is 4.92 Å². The first kappa shape index (κ1) is 12.9. The molecule has 0 radical (unpaired) electrons. The molecule has 0 saturated carbocycles. The summed E-state index contributed by atoms with van der Waals surface area (Å²) in [5.74, 6) is 1.45. The van der Waals surface area contributed by atoms with Crippen LogP contribution in [-0.2, 0) is 0 Å². The molecule has 1 aromatic heterocycles. The second kappa shape index (κ2) is 5.46. The van der Waals surface area contributed by atoms with Crippen LogP contribution in [-0.4, -0.2) is 20.6 Å². The van der Waals surface area contributed by atoms with Crippen molar-refractivity contribution >= 4 is 23.4 Å². The Hall–Kier alpha value is -2.15. The average Bonchev–Trinajstić information content (AvgIpc) is 2.48. The van der Waals surface area contributed by atoms with Crippen molar-refractivity contribution in [3.05, 3.63) is 52.3 Å². The van der Waals surface area contributed by atoms with E-state index in [1.54, 1.807) is 0 Å². The monoisotopic (exact) mass is 288 g/mol. The highest BCUT2D eigenvalue weighted by molar-refractivity contribution is 7.99. The number of nitrogens with one attached hydrogen (secondary N) is 1. The lowest BCUT2D eigenvalue weighted by Crippen LogP contribution is -2.17. The summed E-state index contributed by atoms with van der Waals surface area (Å²) in [6, 6.07) is 8.37. The number of hydrogen-bond acceptors (Lipinski definition) is 6. The van der Waals surface area contributed by atoms with E-state index in [1.807, 2.05) is 23.9 Å². The van der Waals surface area contributed by atoms with Crippen LogP contribution in [0.4, 0.5) is 11.6 Å². The Morgan fingerprint density at radius 2 is 2.05 bits per heavy atom. The fraction of sp³-hybridized carbons (Fsp3) is 0.231. The summed E-state index contributed by atoms with van der Waals surface area (Å²) < 4.78 is 0. The van der Waals surface area contributed by atoms with Gasteiger partial charge < -0.3 is 5.32 Å². The third-order valence-electron chi connectivity index (χ3n) is 3.11. The molecular formula is C13H12N4O2S. The van der Waals surface area contributed by atoms with Crippen molar-refractivity contribution in [1.29, 1.82) is 0 Å². The van der Waals surface area contributed by atoms with Crippen LogP contribution in [0.15, 0.2) is 41.6 Å². The van der Waals surface area contributed by atoms with Gasteiger partial charge in [-0.05, 0) is 18.1 Å². The van der Waals surface area contributed by atoms with Crippen molar-refractivity contribution in [3.63, 3.8) is 0 Å². The SMILES string of the molecule is O=[N+]([O-])c1cnc(NC2CCSc3ccccc32)nc1. The first-order chi connectivity index (χ1) is 9.74. The lowest BCUT2D eigenvalue weighted by atomic mass is 10.0. The first-order valence-electron chi connectivity index (χ1n) is 6.19. The van der Waals surface area contributed by atoms with Crippen LogP contribution in [0.5, 0.6) is 0 Å². The van der Waals surface area contributed by atoms with E-state index in [2.05, 4.69) is 27.4 Å². The second-order valence-electron chi connectivity index (χ2n) is 4.39. The lowest BCUT2D eigenvalue weighted by molar-refractivity contribution is -0.385. The van der Waals surface area contributed by atoms with Crippen molar-refractivity contribution in [1.82, 2.24) is 9.97 Å². The minimum atomic E-state index is -0.504. The van der Waals surface area contributed by atoms with Crippen molar-refractivity contribution in [2.24, 2.45) is 0 Å².